The third-order valence-corrected chi connectivity index (χ3v) is 6.28. The molecule has 6 nitrogen and oxygen atoms in total. The van der Waals surface area contributed by atoms with Crippen LogP contribution >= 0.6 is 35.3 Å². The summed E-state index contributed by atoms with van der Waals surface area (Å²) in [4.78, 5) is 20.4. The number of halogens is 2. The lowest BCUT2D eigenvalue weighted by Crippen LogP contribution is -2.23. The SMILES string of the molecule is Cl.O=C1CC[C@@H](C#Cc2cc3sccc3c(Nc3ccc(OCc4ccccn4)c(Cl)c3)n2)N1. The number of fused-ring (bicyclic) bond motifs is 1. The van der Waals surface area contributed by atoms with E-state index in [4.69, 9.17) is 21.3 Å². The van der Waals surface area contributed by atoms with Crippen LogP contribution in [-0.4, -0.2) is 21.9 Å². The quantitative estimate of drug-likeness (QED) is 0.336. The predicted octanol–water partition coefficient (Wildman–Crippen LogP) is 5.72. The van der Waals surface area contributed by atoms with E-state index in [1.54, 1.807) is 17.5 Å². The van der Waals surface area contributed by atoms with Crippen molar-refractivity contribution in [2.45, 2.75) is 25.5 Å². The van der Waals surface area contributed by atoms with Gasteiger partial charge in [0.1, 0.15) is 23.9 Å². The summed E-state index contributed by atoms with van der Waals surface area (Å²) < 4.78 is 6.89. The predicted molar refractivity (Wildman–Crippen MR) is 138 cm³/mol. The largest absolute Gasteiger partial charge is 0.486 e. The fourth-order valence-electron chi connectivity index (χ4n) is 3.48. The highest BCUT2D eigenvalue weighted by Gasteiger charge is 2.18. The van der Waals surface area contributed by atoms with E-state index in [0.717, 1.165) is 27.9 Å². The van der Waals surface area contributed by atoms with Gasteiger partial charge in [-0.2, -0.15) is 0 Å². The summed E-state index contributed by atoms with van der Waals surface area (Å²) in [5.41, 5.74) is 2.27. The van der Waals surface area contributed by atoms with Crippen LogP contribution in [0, 0.1) is 11.8 Å². The lowest BCUT2D eigenvalue weighted by atomic mass is 10.2. The number of pyridine rings is 2. The van der Waals surface area contributed by atoms with Crippen LogP contribution in [-0.2, 0) is 11.4 Å². The molecule has 34 heavy (non-hydrogen) atoms. The lowest BCUT2D eigenvalue weighted by molar-refractivity contribution is -0.119. The zero-order valence-electron chi connectivity index (χ0n) is 17.9. The molecule has 3 aromatic heterocycles. The number of nitrogens with zero attached hydrogens (tertiary/aromatic N) is 2. The number of nitrogens with one attached hydrogen (secondary N) is 2. The molecule has 0 bridgehead atoms. The molecule has 4 heterocycles. The van der Waals surface area contributed by atoms with Crippen molar-refractivity contribution < 1.29 is 9.53 Å². The van der Waals surface area contributed by atoms with Gasteiger partial charge < -0.3 is 15.4 Å². The molecule has 4 aromatic rings. The maximum atomic E-state index is 11.4. The first-order chi connectivity index (χ1) is 16.1. The molecule has 9 heteroatoms. The minimum Gasteiger partial charge on any atom is -0.486 e. The van der Waals surface area contributed by atoms with Crippen LogP contribution in [0.4, 0.5) is 11.5 Å². The first-order valence-corrected chi connectivity index (χ1v) is 11.7. The van der Waals surface area contributed by atoms with Crippen LogP contribution in [0.1, 0.15) is 24.2 Å². The second-order valence-electron chi connectivity index (χ2n) is 7.50. The number of carbonyl (C=O) groups excluding carboxylic acids is 1. The van der Waals surface area contributed by atoms with Crippen LogP contribution in [0.25, 0.3) is 10.1 Å². The second-order valence-corrected chi connectivity index (χ2v) is 8.85. The highest BCUT2D eigenvalue weighted by atomic mass is 35.5. The van der Waals surface area contributed by atoms with Gasteiger partial charge in [-0.3, -0.25) is 9.78 Å². The van der Waals surface area contributed by atoms with E-state index in [1.165, 1.54) is 0 Å². The highest BCUT2D eigenvalue weighted by Crippen LogP contribution is 2.33. The van der Waals surface area contributed by atoms with Crippen LogP contribution in [0.5, 0.6) is 5.75 Å². The van der Waals surface area contributed by atoms with Crippen molar-refractivity contribution in [1.82, 2.24) is 15.3 Å². The molecule has 5 rings (SSSR count). The highest BCUT2D eigenvalue weighted by molar-refractivity contribution is 7.17. The van der Waals surface area contributed by atoms with E-state index in [9.17, 15) is 4.79 Å². The normalized spacial score (nSPS) is 14.6. The smallest absolute Gasteiger partial charge is 0.221 e. The van der Waals surface area contributed by atoms with E-state index >= 15 is 0 Å². The van der Waals surface area contributed by atoms with E-state index in [2.05, 4.69) is 27.5 Å². The average Bonchev–Trinajstić information content (AvgIpc) is 3.47. The van der Waals surface area contributed by atoms with Crippen LogP contribution in [0.15, 0.2) is 60.1 Å². The standard InChI is InChI=1S/C25H19ClN4O2S.ClH/c26-21-13-17(6-8-22(21)32-15-19-3-1-2-11-27-19)29-25-20-10-12-33-23(20)14-18(30-25)5-4-16-7-9-24(31)28-16;/h1-3,6,8,10-14,16H,7,9,15H2,(H,28,31)(H,29,30);1H/t16-;/m1./s1. The summed E-state index contributed by atoms with van der Waals surface area (Å²) in [6.07, 6.45) is 2.98. The Labute approximate surface area is 212 Å². The lowest BCUT2D eigenvalue weighted by Gasteiger charge is -2.11. The van der Waals surface area contributed by atoms with E-state index in [-0.39, 0.29) is 24.4 Å². The molecule has 1 aliphatic heterocycles. The molecular formula is C25H20Cl2N4O2S. The topological polar surface area (TPSA) is 76.1 Å². The van der Waals surface area contributed by atoms with E-state index in [0.29, 0.717) is 35.3 Å². The number of amides is 1. The van der Waals surface area contributed by atoms with Crippen LogP contribution < -0.4 is 15.4 Å². The summed E-state index contributed by atoms with van der Waals surface area (Å²) in [7, 11) is 0. The Morgan fingerprint density at radius 1 is 1.24 bits per heavy atom. The minimum atomic E-state index is -0.118. The minimum absolute atomic E-state index is 0. The third-order valence-electron chi connectivity index (χ3n) is 5.12. The Morgan fingerprint density at radius 2 is 2.15 bits per heavy atom. The molecule has 0 aliphatic carbocycles. The van der Waals surface area contributed by atoms with Gasteiger partial charge in [-0.1, -0.05) is 23.6 Å². The fourth-order valence-corrected chi connectivity index (χ4v) is 4.53. The average molecular weight is 511 g/mol. The number of hydrogen-bond donors (Lipinski definition) is 2. The van der Waals surface area contributed by atoms with Gasteiger partial charge in [0.2, 0.25) is 5.91 Å². The maximum Gasteiger partial charge on any atom is 0.221 e. The zero-order chi connectivity index (χ0) is 22.6. The molecule has 2 N–H and O–H groups in total. The Morgan fingerprint density at radius 3 is 2.91 bits per heavy atom. The van der Waals surface area contributed by atoms with Gasteiger partial charge in [0, 0.05) is 28.4 Å². The summed E-state index contributed by atoms with van der Waals surface area (Å²) in [6.45, 7) is 0.340. The van der Waals surface area contributed by atoms with Gasteiger partial charge in [0.05, 0.1) is 16.8 Å². The van der Waals surface area contributed by atoms with Gasteiger partial charge in [-0.05, 0) is 60.2 Å². The number of ether oxygens (including phenoxy) is 1. The molecule has 0 unspecified atom stereocenters. The molecule has 0 spiro atoms. The molecule has 0 saturated carbocycles. The van der Waals surface area contributed by atoms with Gasteiger partial charge >= 0.3 is 0 Å². The van der Waals surface area contributed by atoms with Gasteiger partial charge in [0.25, 0.3) is 0 Å². The first-order valence-electron chi connectivity index (χ1n) is 10.4. The maximum absolute atomic E-state index is 11.4. The van der Waals surface area contributed by atoms with Crippen molar-refractivity contribution in [2.75, 3.05) is 5.32 Å². The van der Waals surface area contributed by atoms with Crippen molar-refractivity contribution in [2.24, 2.45) is 0 Å². The molecule has 1 fully saturated rings. The number of carbonyl (C=O) groups is 1. The molecule has 1 aliphatic rings. The van der Waals surface area contributed by atoms with Crippen molar-refractivity contribution in [1.29, 1.82) is 0 Å². The summed E-state index contributed by atoms with van der Waals surface area (Å²) in [5, 5.41) is 9.73. The van der Waals surface area contributed by atoms with Crippen LogP contribution in [0.3, 0.4) is 0 Å². The zero-order valence-corrected chi connectivity index (χ0v) is 20.3. The van der Waals surface area contributed by atoms with Crippen molar-refractivity contribution >= 4 is 62.8 Å². The summed E-state index contributed by atoms with van der Waals surface area (Å²) in [5.74, 6) is 7.54. The molecule has 1 amide bonds. The van der Waals surface area contributed by atoms with E-state index in [1.807, 2.05) is 53.9 Å². The molecule has 0 radical (unpaired) electrons. The third kappa shape index (κ3) is 5.60. The Bertz CT molecular complexity index is 1380. The molecular weight excluding hydrogens is 491 g/mol. The number of thiophene rings is 1. The van der Waals surface area contributed by atoms with Crippen molar-refractivity contribution in [3.63, 3.8) is 0 Å². The number of benzene rings is 1. The van der Waals surface area contributed by atoms with Gasteiger partial charge in [-0.25, -0.2) is 4.98 Å². The Hall–Kier alpha value is -3.31. The van der Waals surface area contributed by atoms with Crippen LogP contribution in [0.2, 0.25) is 5.02 Å². The fraction of sp³-hybridized carbons (Fsp3) is 0.160. The number of aromatic nitrogens is 2. The Balaban J connectivity index is 0.00000274. The first kappa shape index (κ1) is 23.8. The van der Waals surface area contributed by atoms with Gasteiger partial charge in [-0.15, -0.1) is 23.7 Å². The van der Waals surface area contributed by atoms with Gasteiger partial charge in [0.15, 0.2) is 0 Å². The van der Waals surface area contributed by atoms with Crippen molar-refractivity contribution in [3.8, 4) is 17.6 Å². The number of hydrogen-bond acceptors (Lipinski definition) is 6. The number of anilines is 2. The second kappa shape index (κ2) is 10.7. The summed E-state index contributed by atoms with van der Waals surface area (Å²) >= 11 is 8.09. The van der Waals surface area contributed by atoms with Crippen molar-refractivity contribution in [3.05, 3.63) is 76.5 Å². The summed E-state index contributed by atoms with van der Waals surface area (Å²) in [6, 6.07) is 15.1. The molecule has 1 aromatic carbocycles. The molecule has 172 valence electrons. The molecule has 1 atom stereocenters. The van der Waals surface area contributed by atoms with E-state index < -0.39 is 0 Å². The Kier molecular flexibility index (Phi) is 7.53. The number of rotatable bonds is 5. The monoisotopic (exact) mass is 510 g/mol. The molecule has 1 saturated heterocycles.